The first-order chi connectivity index (χ1) is 17.4. The molecule has 0 spiro atoms. The van der Waals surface area contributed by atoms with E-state index < -0.39 is 0 Å². The van der Waals surface area contributed by atoms with Gasteiger partial charge in [-0.1, -0.05) is 41.1 Å². The van der Waals surface area contributed by atoms with Crippen LogP contribution in [0.4, 0.5) is 5.69 Å². The summed E-state index contributed by atoms with van der Waals surface area (Å²) in [6, 6.07) is 17.9. The number of para-hydroxylation sites is 1. The monoisotopic (exact) mass is 612 g/mol. The Bertz CT molecular complexity index is 1500. The predicted molar refractivity (Wildman–Crippen MR) is 147 cm³/mol. The summed E-state index contributed by atoms with van der Waals surface area (Å²) in [5, 5.41) is 7.66. The average Bonchev–Trinajstić information content (AvgIpc) is 2.88. The second-order valence-electron chi connectivity index (χ2n) is 7.63. The molecule has 3 aromatic carbocycles. The Kier molecular flexibility index (Phi) is 8.17. The highest BCUT2D eigenvalue weighted by molar-refractivity contribution is 9.10. The molecule has 1 amide bonds. The standard InChI is InChI=1S/C26H22Br2N4O4/c1-3-24-31-21-10-9-17(27)12-19(21)26(34)32(24)29-14-16-11-22(35-2)23(13-20(16)28)36-15-25(33)30-18-7-5-4-6-8-18/h4-14H,3,15H2,1-2H3,(H,30,33). The number of hydrogen-bond acceptors (Lipinski definition) is 6. The lowest BCUT2D eigenvalue weighted by molar-refractivity contribution is -0.118. The van der Waals surface area contributed by atoms with E-state index in [9.17, 15) is 9.59 Å². The van der Waals surface area contributed by atoms with Crippen LogP contribution in [0.5, 0.6) is 11.5 Å². The maximum Gasteiger partial charge on any atom is 0.282 e. The lowest BCUT2D eigenvalue weighted by Crippen LogP contribution is -2.22. The molecule has 0 aliphatic carbocycles. The molecule has 8 nitrogen and oxygen atoms in total. The molecule has 0 saturated carbocycles. The highest BCUT2D eigenvalue weighted by atomic mass is 79.9. The third kappa shape index (κ3) is 5.83. The molecule has 0 radical (unpaired) electrons. The van der Waals surface area contributed by atoms with Gasteiger partial charge in [-0.05, 0) is 58.4 Å². The van der Waals surface area contributed by atoms with Gasteiger partial charge in [-0.15, -0.1) is 0 Å². The maximum absolute atomic E-state index is 13.1. The number of hydrogen-bond donors (Lipinski definition) is 1. The van der Waals surface area contributed by atoms with Crippen LogP contribution < -0.4 is 20.3 Å². The smallest absolute Gasteiger partial charge is 0.282 e. The number of aryl methyl sites for hydroxylation is 1. The minimum atomic E-state index is -0.299. The lowest BCUT2D eigenvalue weighted by atomic mass is 10.2. The number of halogens is 2. The minimum absolute atomic E-state index is 0.196. The van der Waals surface area contributed by atoms with Gasteiger partial charge >= 0.3 is 0 Å². The van der Waals surface area contributed by atoms with Crippen molar-refractivity contribution in [3.05, 3.63) is 91.4 Å². The van der Waals surface area contributed by atoms with Crippen molar-refractivity contribution in [2.24, 2.45) is 5.10 Å². The molecule has 0 saturated heterocycles. The van der Waals surface area contributed by atoms with Gasteiger partial charge in [-0.25, -0.2) is 4.98 Å². The van der Waals surface area contributed by atoms with Crippen molar-refractivity contribution in [1.29, 1.82) is 0 Å². The molecular weight excluding hydrogens is 592 g/mol. The molecule has 0 aliphatic rings. The van der Waals surface area contributed by atoms with Gasteiger partial charge < -0.3 is 14.8 Å². The van der Waals surface area contributed by atoms with Crippen molar-refractivity contribution >= 4 is 60.6 Å². The molecule has 0 fully saturated rings. The fourth-order valence-corrected chi connectivity index (χ4v) is 4.23. The summed E-state index contributed by atoms with van der Waals surface area (Å²) >= 11 is 6.91. The van der Waals surface area contributed by atoms with Crippen LogP contribution in [0.1, 0.15) is 18.3 Å². The average molecular weight is 614 g/mol. The van der Waals surface area contributed by atoms with Crippen LogP contribution >= 0.6 is 31.9 Å². The Morgan fingerprint density at radius 1 is 1.11 bits per heavy atom. The third-order valence-electron chi connectivity index (χ3n) is 5.20. The van der Waals surface area contributed by atoms with Gasteiger partial charge in [0.05, 0.1) is 24.2 Å². The molecule has 0 aliphatic heterocycles. The summed E-state index contributed by atoms with van der Waals surface area (Å²) in [4.78, 5) is 30.0. The SMILES string of the molecule is CCc1nc2ccc(Br)cc2c(=O)n1N=Cc1cc(OC)c(OCC(=O)Nc2ccccc2)cc1Br. The third-order valence-corrected chi connectivity index (χ3v) is 6.38. The number of fused-ring (bicyclic) bond motifs is 1. The summed E-state index contributed by atoms with van der Waals surface area (Å²) in [5.41, 5.74) is 1.69. The predicted octanol–water partition coefficient (Wildman–Crippen LogP) is 5.39. The van der Waals surface area contributed by atoms with Gasteiger partial charge in [0.2, 0.25) is 0 Å². The van der Waals surface area contributed by atoms with E-state index in [-0.39, 0.29) is 18.1 Å². The van der Waals surface area contributed by atoms with E-state index in [0.717, 1.165) is 4.47 Å². The summed E-state index contributed by atoms with van der Waals surface area (Å²) in [7, 11) is 1.51. The largest absolute Gasteiger partial charge is 0.493 e. The van der Waals surface area contributed by atoms with E-state index in [1.165, 1.54) is 11.8 Å². The molecule has 4 aromatic rings. The van der Waals surface area contributed by atoms with E-state index >= 15 is 0 Å². The molecule has 0 unspecified atom stereocenters. The zero-order valence-corrected chi connectivity index (χ0v) is 22.7. The van der Waals surface area contributed by atoms with E-state index in [1.807, 2.05) is 31.2 Å². The van der Waals surface area contributed by atoms with Gasteiger partial charge in [0.1, 0.15) is 5.82 Å². The van der Waals surface area contributed by atoms with Gasteiger partial charge in [-0.2, -0.15) is 9.78 Å². The van der Waals surface area contributed by atoms with Gasteiger partial charge in [-0.3, -0.25) is 9.59 Å². The van der Waals surface area contributed by atoms with Gasteiger partial charge in [0.15, 0.2) is 18.1 Å². The highest BCUT2D eigenvalue weighted by Crippen LogP contribution is 2.33. The molecule has 1 N–H and O–H groups in total. The molecule has 184 valence electrons. The number of aromatic nitrogens is 2. The second-order valence-corrected chi connectivity index (χ2v) is 9.40. The number of benzene rings is 3. The summed E-state index contributed by atoms with van der Waals surface area (Å²) < 4.78 is 13.9. The number of nitrogens with one attached hydrogen (secondary N) is 1. The molecule has 1 aromatic heterocycles. The highest BCUT2D eigenvalue weighted by Gasteiger charge is 2.13. The number of amides is 1. The Hall–Kier alpha value is -3.50. The summed E-state index contributed by atoms with van der Waals surface area (Å²) in [6.45, 7) is 1.72. The topological polar surface area (TPSA) is 94.8 Å². The Morgan fingerprint density at radius 2 is 1.89 bits per heavy atom. The zero-order chi connectivity index (χ0) is 25.7. The fraction of sp³-hybridized carbons (Fsp3) is 0.154. The van der Waals surface area contributed by atoms with Crippen LogP contribution in [0.2, 0.25) is 0 Å². The fourth-order valence-electron chi connectivity index (χ4n) is 3.45. The van der Waals surface area contributed by atoms with E-state index in [1.54, 1.807) is 42.6 Å². The van der Waals surface area contributed by atoms with Gasteiger partial charge in [0, 0.05) is 26.6 Å². The summed E-state index contributed by atoms with van der Waals surface area (Å²) in [5.74, 6) is 1.04. The van der Waals surface area contributed by atoms with Crippen LogP contribution in [-0.4, -0.2) is 35.5 Å². The van der Waals surface area contributed by atoms with Crippen LogP contribution in [0, 0.1) is 0 Å². The Morgan fingerprint density at radius 3 is 2.61 bits per heavy atom. The molecule has 0 bridgehead atoms. The first kappa shape index (κ1) is 25.6. The molecule has 10 heteroatoms. The zero-order valence-electron chi connectivity index (χ0n) is 19.5. The summed E-state index contributed by atoms with van der Waals surface area (Å²) in [6.07, 6.45) is 2.07. The molecule has 4 rings (SSSR count). The number of carbonyl (C=O) groups excluding carboxylic acids is 1. The van der Waals surface area contributed by atoms with Crippen molar-refractivity contribution in [2.75, 3.05) is 19.0 Å². The Labute approximate surface area is 224 Å². The van der Waals surface area contributed by atoms with Crippen LogP contribution in [0.15, 0.2) is 79.5 Å². The molecular formula is C26H22Br2N4O4. The first-order valence-electron chi connectivity index (χ1n) is 11.0. The van der Waals surface area contributed by atoms with Crippen LogP contribution in [0.3, 0.4) is 0 Å². The van der Waals surface area contributed by atoms with Crippen molar-refractivity contribution in [2.45, 2.75) is 13.3 Å². The van der Waals surface area contributed by atoms with Gasteiger partial charge in [0.25, 0.3) is 11.5 Å². The van der Waals surface area contributed by atoms with E-state index in [4.69, 9.17) is 9.47 Å². The molecule has 0 atom stereocenters. The number of anilines is 1. The normalized spacial score (nSPS) is 11.1. The van der Waals surface area contributed by atoms with Crippen molar-refractivity contribution in [1.82, 2.24) is 9.66 Å². The van der Waals surface area contributed by atoms with Crippen LogP contribution in [-0.2, 0) is 11.2 Å². The molecule has 1 heterocycles. The molecule has 36 heavy (non-hydrogen) atoms. The van der Waals surface area contributed by atoms with Crippen LogP contribution in [0.25, 0.3) is 10.9 Å². The van der Waals surface area contributed by atoms with Crippen molar-refractivity contribution < 1.29 is 14.3 Å². The first-order valence-corrected chi connectivity index (χ1v) is 12.6. The Balaban J connectivity index is 1.58. The quantitative estimate of drug-likeness (QED) is 0.269. The number of carbonyl (C=O) groups is 1. The van der Waals surface area contributed by atoms with Crippen molar-refractivity contribution in [3.63, 3.8) is 0 Å². The second kappa shape index (κ2) is 11.5. The maximum atomic E-state index is 13.1. The van der Waals surface area contributed by atoms with E-state index in [0.29, 0.717) is 50.4 Å². The number of rotatable bonds is 8. The van der Waals surface area contributed by atoms with Crippen molar-refractivity contribution in [3.8, 4) is 11.5 Å². The minimum Gasteiger partial charge on any atom is -0.493 e. The lowest BCUT2D eigenvalue weighted by Gasteiger charge is -2.13. The number of methoxy groups -OCH3 is 1. The van der Waals surface area contributed by atoms with E-state index in [2.05, 4.69) is 47.3 Å². The number of ether oxygens (including phenoxy) is 2. The number of nitrogens with zero attached hydrogens (tertiary/aromatic N) is 3.